The highest BCUT2D eigenvalue weighted by Crippen LogP contribution is 2.30. The molecule has 6 nitrogen and oxygen atoms in total. The third-order valence-corrected chi connectivity index (χ3v) is 4.46. The summed E-state index contributed by atoms with van der Waals surface area (Å²) in [4.78, 5) is 26.6. The first-order chi connectivity index (χ1) is 8.43. The number of ether oxygens (including phenoxy) is 1. The van der Waals surface area contributed by atoms with Crippen molar-refractivity contribution in [1.29, 1.82) is 0 Å². The molecule has 8 heteroatoms. The Morgan fingerprint density at radius 1 is 1.61 bits per heavy atom. The molecule has 0 aromatic carbocycles. The van der Waals surface area contributed by atoms with Gasteiger partial charge in [0.15, 0.2) is 5.13 Å². The Morgan fingerprint density at radius 2 is 2.28 bits per heavy atom. The van der Waals surface area contributed by atoms with Crippen LogP contribution in [0, 0.1) is 6.92 Å². The first-order valence-corrected chi connectivity index (χ1v) is 6.95. The summed E-state index contributed by atoms with van der Waals surface area (Å²) in [7, 11) is 1.29. The van der Waals surface area contributed by atoms with Gasteiger partial charge in [-0.1, -0.05) is 11.3 Å². The summed E-state index contributed by atoms with van der Waals surface area (Å²) < 4.78 is 5.57. The molecule has 0 saturated carbocycles. The van der Waals surface area contributed by atoms with Crippen LogP contribution in [0.25, 0.3) is 0 Å². The third-order valence-electron chi connectivity index (χ3n) is 2.01. The fraction of sp³-hybridized carbons (Fsp3) is 0.500. The minimum Gasteiger partial charge on any atom is -0.467 e. The normalized spacial score (nSPS) is 11.9. The molecule has 18 heavy (non-hydrogen) atoms. The molecule has 1 rings (SSSR count). The summed E-state index contributed by atoms with van der Waals surface area (Å²) in [5.74, 6) is -0.353. The van der Waals surface area contributed by atoms with Gasteiger partial charge in [-0.15, -0.1) is 11.8 Å². The maximum absolute atomic E-state index is 11.5. The Bertz CT molecular complexity index is 448. The van der Waals surface area contributed by atoms with Gasteiger partial charge < -0.3 is 15.8 Å². The zero-order chi connectivity index (χ0) is 13.7. The second-order valence-corrected chi connectivity index (χ2v) is 5.83. The topological polar surface area (TPSA) is 94.3 Å². The molecule has 1 aromatic heterocycles. The van der Waals surface area contributed by atoms with Gasteiger partial charge in [-0.2, -0.15) is 0 Å². The number of amides is 1. The first kappa shape index (κ1) is 14.8. The number of esters is 1. The SMILES string of the molecule is COC(=O)C(CSc1sc(N)nc1C)NC(C)=O. The van der Waals surface area contributed by atoms with Gasteiger partial charge in [-0.3, -0.25) is 4.79 Å². The lowest BCUT2D eigenvalue weighted by atomic mass is 10.3. The smallest absolute Gasteiger partial charge is 0.329 e. The van der Waals surface area contributed by atoms with Crippen molar-refractivity contribution in [3.05, 3.63) is 5.69 Å². The maximum atomic E-state index is 11.5. The molecule has 1 aromatic rings. The standard InChI is InChI=1S/C10H15N3O3S2/c1-5-9(18-10(11)12-5)17-4-7(8(15)16-3)13-6(2)14/h7H,4H2,1-3H3,(H2,11,12)(H,13,14). The summed E-state index contributed by atoms with van der Waals surface area (Å²) in [6, 6.07) is -0.666. The van der Waals surface area contributed by atoms with E-state index in [1.54, 1.807) is 0 Å². The van der Waals surface area contributed by atoms with E-state index in [2.05, 4.69) is 15.0 Å². The Morgan fingerprint density at radius 3 is 2.72 bits per heavy atom. The number of aromatic nitrogens is 1. The number of nitrogens with two attached hydrogens (primary N) is 1. The van der Waals surface area contributed by atoms with E-state index in [-0.39, 0.29) is 5.91 Å². The average Bonchev–Trinajstić information content (AvgIpc) is 2.61. The van der Waals surface area contributed by atoms with Crippen LogP contribution in [0.3, 0.4) is 0 Å². The highest BCUT2D eigenvalue weighted by atomic mass is 32.2. The van der Waals surface area contributed by atoms with Gasteiger partial charge in [0.05, 0.1) is 17.0 Å². The van der Waals surface area contributed by atoms with Gasteiger partial charge in [0, 0.05) is 12.7 Å². The lowest BCUT2D eigenvalue weighted by Gasteiger charge is -2.14. The number of nitrogens with zero attached hydrogens (tertiary/aromatic N) is 1. The molecule has 100 valence electrons. The average molecular weight is 289 g/mol. The molecule has 0 aliphatic heterocycles. The Labute approximate surface area is 113 Å². The zero-order valence-electron chi connectivity index (χ0n) is 10.4. The van der Waals surface area contributed by atoms with Gasteiger partial charge in [0.1, 0.15) is 6.04 Å². The molecular weight excluding hydrogens is 274 g/mol. The number of carbonyl (C=O) groups is 2. The third kappa shape index (κ3) is 4.19. The number of hydrogen-bond acceptors (Lipinski definition) is 7. The van der Waals surface area contributed by atoms with E-state index in [4.69, 9.17) is 5.73 Å². The highest BCUT2D eigenvalue weighted by molar-refractivity contribution is 8.01. The predicted molar refractivity (Wildman–Crippen MR) is 71.6 cm³/mol. The van der Waals surface area contributed by atoms with E-state index in [0.29, 0.717) is 10.9 Å². The number of hydrogen-bond donors (Lipinski definition) is 2. The minimum atomic E-state index is -0.666. The summed E-state index contributed by atoms with van der Waals surface area (Å²) >= 11 is 2.78. The van der Waals surface area contributed by atoms with Crippen LogP contribution in [-0.4, -0.2) is 35.8 Å². The Balaban J connectivity index is 2.64. The monoisotopic (exact) mass is 289 g/mol. The summed E-state index contributed by atoms with van der Waals surface area (Å²) in [5, 5.41) is 3.04. The maximum Gasteiger partial charge on any atom is 0.329 e. The molecule has 1 atom stereocenters. The van der Waals surface area contributed by atoms with E-state index in [1.165, 1.54) is 37.1 Å². The summed E-state index contributed by atoms with van der Waals surface area (Å²) in [5.41, 5.74) is 6.41. The van der Waals surface area contributed by atoms with E-state index >= 15 is 0 Å². The number of rotatable bonds is 5. The van der Waals surface area contributed by atoms with E-state index < -0.39 is 12.0 Å². The van der Waals surface area contributed by atoms with E-state index in [1.807, 2.05) is 6.92 Å². The number of nitrogens with one attached hydrogen (secondary N) is 1. The number of thiazole rings is 1. The van der Waals surface area contributed by atoms with Crippen LogP contribution in [0.4, 0.5) is 5.13 Å². The molecule has 1 amide bonds. The number of nitrogen functional groups attached to an aromatic ring is 1. The van der Waals surface area contributed by atoms with Crippen LogP contribution in [0.1, 0.15) is 12.6 Å². The first-order valence-electron chi connectivity index (χ1n) is 5.14. The fourth-order valence-electron chi connectivity index (χ4n) is 1.25. The van der Waals surface area contributed by atoms with Crippen molar-refractivity contribution in [3.8, 4) is 0 Å². The molecule has 1 heterocycles. The second-order valence-electron chi connectivity index (χ2n) is 3.51. The molecule has 0 radical (unpaired) electrons. The molecule has 0 aliphatic carbocycles. The van der Waals surface area contributed by atoms with Gasteiger partial charge in [0.25, 0.3) is 0 Å². The van der Waals surface area contributed by atoms with Gasteiger partial charge in [0.2, 0.25) is 5.91 Å². The number of methoxy groups -OCH3 is 1. The van der Waals surface area contributed by atoms with Crippen LogP contribution < -0.4 is 11.1 Å². The molecule has 1 unspecified atom stereocenters. The molecule has 0 aliphatic rings. The van der Waals surface area contributed by atoms with E-state index in [0.717, 1.165) is 9.90 Å². The minimum absolute atomic E-state index is 0.272. The van der Waals surface area contributed by atoms with Gasteiger partial charge in [-0.25, -0.2) is 9.78 Å². The molecule has 0 spiro atoms. The van der Waals surface area contributed by atoms with Crippen molar-refractivity contribution in [3.63, 3.8) is 0 Å². The van der Waals surface area contributed by atoms with Crippen LogP contribution in [0.5, 0.6) is 0 Å². The zero-order valence-corrected chi connectivity index (χ0v) is 12.0. The number of carbonyl (C=O) groups excluding carboxylic acids is 2. The Kier molecular flexibility index (Phi) is 5.42. The van der Waals surface area contributed by atoms with Crippen LogP contribution >= 0.6 is 23.1 Å². The second kappa shape index (κ2) is 6.60. The molecule has 0 saturated heterocycles. The number of thioether (sulfide) groups is 1. The van der Waals surface area contributed by atoms with Crippen LogP contribution in [-0.2, 0) is 14.3 Å². The molecular formula is C10H15N3O3S2. The van der Waals surface area contributed by atoms with Gasteiger partial charge in [-0.05, 0) is 6.92 Å². The van der Waals surface area contributed by atoms with Crippen LogP contribution in [0.2, 0.25) is 0 Å². The van der Waals surface area contributed by atoms with Gasteiger partial charge >= 0.3 is 5.97 Å². The quantitative estimate of drug-likeness (QED) is 0.615. The van der Waals surface area contributed by atoms with Crippen LogP contribution in [0.15, 0.2) is 4.21 Å². The van der Waals surface area contributed by atoms with E-state index in [9.17, 15) is 9.59 Å². The largest absolute Gasteiger partial charge is 0.467 e. The molecule has 0 bridgehead atoms. The van der Waals surface area contributed by atoms with Crippen molar-refractivity contribution in [2.24, 2.45) is 0 Å². The lowest BCUT2D eigenvalue weighted by molar-refractivity contribution is -0.144. The molecule has 3 N–H and O–H groups in total. The molecule has 0 fully saturated rings. The van der Waals surface area contributed by atoms with Crippen molar-refractivity contribution >= 4 is 40.1 Å². The predicted octanol–water partition coefficient (Wildman–Crippen LogP) is 0.804. The number of aryl methyl sites for hydroxylation is 1. The highest BCUT2D eigenvalue weighted by Gasteiger charge is 2.21. The van der Waals surface area contributed by atoms with Crippen molar-refractivity contribution in [1.82, 2.24) is 10.3 Å². The van der Waals surface area contributed by atoms with Crippen molar-refractivity contribution in [2.75, 3.05) is 18.6 Å². The van der Waals surface area contributed by atoms with Crippen molar-refractivity contribution in [2.45, 2.75) is 24.1 Å². The summed E-state index contributed by atoms with van der Waals surface area (Å²) in [6.45, 7) is 3.21. The lowest BCUT2D eigenvalue weighted by Crippen LogP contribution is -2.42. The fourth-order valence-corrected chi connectivity index (χ4v) is 3.31. The Hall–Kier alpha value is -1.28. The summed E-state index contributed by atoms with van der Waals surface area (Å²) in [6.07, 6.45) is 0. The number of anilines is 1. The van der Waals surface area contributed by atoms with Crippen molar-refractivity contribution < 1.29 is 14.3 Å².